The first-order valence-corrected chi connectivity index (χ1v) is 10.3. The summed E-state index contributed by atoms with van der Waals surface area (Å²) in [6.07, 6.45) is 11.1. The third kappa shape index (κ3) is 3.49. The van der Waals surface area contributed by atoms with Crippen LogP contribution >= 0.6 is 0 Å². The number of pyridine rings is 1. The van der Waals surface area contributed by atoms with Crippen LogP contribution in [0.2, 0.25) is 0 Å². The molecule has 0 aromatic carbocycles. The average Bonchev–Trinajstić information content (AvgIpc) is 3.40. The Kier molecular flexibility index (Phi) is 5.23. The number of amides is 1. The van der Waals surface area contributed by atoms with Crippen molar-refractivity contribution in [1.82, 2.24) is 19.4 Å². The van der Waals surface area contributed by atoms with E-state index in [9.17, 15) is 4.79 Å². The number of carbonyl (C=O) groups is 1. The van der Waals surface area contributed by atoms with E-state index in [1.165, 1.54) is 25.7 Å². The summed E-state index contributed by atoms with van der Waals surface area (Å²) >= 11 is 0. The van der Waals surface area contributed by atoms with Crippen molar-refractivity contribution in [2.24, 2.45) is 5.92 Å². The summed E-state index contributed by atoms with van der Waals surface area (Å²) in [4.78, 5) is 24.1. The topological polar surface area (TPSA) is 51.0 Å². The summed E-state index contributed by atoms with van der Waals surface area (Å²) in [5.41, 5.74) is 1.96. The van der Waals surface area contributed by atoms with E-state index in [2.05, 4.69) is 21.4 Å². The quantitative estimate of drug-likeness (QED) is 0.784. The zero-order valence-electron chi connectivity index (χ0n) is 15.9. The van der Waals surface area contributed by atoms with Crippen LogP contribution in [0.25, 0.3) is 11.2 Å². The Hall–Kier alpha value is -1.91. The van der Waals surface area contributed by atoms with E-state index < -0.39 is 0 Å². The summed E-state index contributed by atoms with van der Waals surface area (Å²) < 4.78 is 2.27. The van der Waals surface area contributed by atoms with E-state index in [1.54, 1.807) is 0 Å². The minimum absolute atomic E-state index is 0.339. The lowest BCUT2D eigenvalue weighted by atomic mass is 10.0. The van der Waals surface area contributed by atoms with Crippen molar-refractivity contribution in [3.8, 4) is 0 Å². The van der Waals surface area contributed by atoms with Crippen molar-refractivity contribution in [2.75, 3.05) is 13.1 Å². The molecule has 4 rings (SSSR count). The van der Waals surface area contributed by atoms with Gasteiger partial charge in [0.05, 0.1) is 0 Å². The van der Waals surface area contributed by atoms with Crippen LogP contribution in [0.3, 0.4) is 0 Å². The van der Waals surface area contributed by atoms with Crippen molar-refractivity contribution in [2.45, 2.75) is 70.8 Å². The van der Waals surface area contributed by atoms with Crippen molar-refractivity contribution in [1.29, 1.82) is 0 Å². The van der Waals surface area contributed by atoms with Gasteiger partial charge >= 0.3 is 0 Å². The van der Waals surface area contributed by atoms with E-state index in [0.717, 1.165) is 68.2 Å². The first-order chi connectivity index (χ1) is 12.8. The normalized spacial score (nSPS) is 21.1. The number of fused-ring (bicyclic) bond motifs is 1. The molecule has 0 radical (unpaired) electrons. The predicted molar refractivity (Wildman–Crippen MR) is 103 cm³/mol. The molecule has 1 aliphatic carbocycles. The van der Waals surface area contributed by atoms with Crippen LogP contribution < -0.4 is 0 Å². The average molecular weight is 354 g/mol. The first-order valence-electron chi connectivity index (χ1n) is 10.3. The summed E-state index contributed by atoms with van der Waals surface area (Å²) in [6.45, 7) is 4.81. The third-order valence-electron chi connectivity index (χ3n) is 6.13. The van der Waals surface area contributed by atoms with Gasteiger partial charge < -0.3 is 9.47 Å². The Morgan fingerprint density at radius 2 is 2.12 bits per heavy atom. The Morgan fingerprint density at radius 1 is 1.27 bits per heavy atom. The molecule has 1 unspecified atom stereocenters. The van der Waals surface area contributed by atoms with E-state index in [4.69, 9.17) is 4.98 Å². The molecule has 2 aromatic rings. The minimum Gasteiger partial charge on any atom is -0.342 e. The molecule has 2 aromatic heterocycles. The SMILES string of the molecule is CCCn1c(C2CCN(C(=O)CCC3CCCC3)C2)nc2cccnc21. The molecule has 0 spiro atoms. The highest BCUT2D eigenvalue weighted by Crippen LogP contribution is 2.31. The molecule has 140 valence electrons. The van der Waals surface area contributed by atoms with Gasteiger partial charge in [-0.15, -0.1) is 0 Å². The molecule has 1 aliphatic heterocycles. The number of imidazole rings is 1. The van der Waals surface area contributed by atoms with Crippen molar-refractivity contribution in [3.05, 3.63) is 24.2 Å². The molecule has 1 atom stereocenters. The summed E-state index contributed by atoms with van der Waals surface area (Å²) in [6, 6.07) is 3.99. The molecule has 5 nitrogen and oxygen atoms in total. The number of likely N-dealkylation sites (tertiary alicyclic amines) is 1. The maximum absolute atomic E-state index is 12.6. The monoisotopic (exact) mass is 354 g/mol. The van der Waals surface area contributed by atoms with Gasteiger partial charge in [0.15, 0.2) is 5.65 Å². The second-order valence-electron chi connectivity index (χ2n) is 7.98. The van der Waals surface area contributed by atoms with Crippen LogP contribution in [0.1, 0.15) is 70.0 Å². The standard InChI is InChI=1S/C21H30N4O/c1-2-13-25-20(23-18-8-5-12-22-21(18)25)17-11-14-24(15-17)19(26)10-9-16-6-3-4-7-16/h5,8,12,16-17H,2-4,6-7,9-11,13-15H2,1H3. The zero-order valence-corrected chi connectivity index (χ0v) is 15.9. The largest absolute Gasteiger partial charge is 0.342 e. The third-order valence-corrected chi connectivity index (χ3v) is 6.13. The predicted octanol–water partition coefficient (Wildman–Crippen LogP) is 4.13. The number of aromatic nitrogens is 3. The minimum atomic E-state index is 0.339. The number of rotatable bonds is 6. The van der Waals surface area contributed by atoms with Gasteiger partial charge in [0.2, 0.25) is 5.91 Å². The molecule has 0 N–H and O–H groups in total. The highest BCUT2D eigenvalue weighted by atomic mass is 16.2. The highest BCUT2D eigenvalue weighted by Gasteiger charge is 2.31. The van der Waals surface area contributed by atoms with E-state index in [0.29, 0.717) is 11.8 Å². The Labute approximate surface area is 155 Å². The molecule has 0 bridgehead atoms. The summed E-state index contributed by atoms with van der Waals surface area (Å²) in [7, 11) is 0. The first kappa shape index (κ1) is 17.5. The van der Waals surface area contributed by atoms with Crippen LogP contribution in [-0.2, 0) is 11.3 Å². The number of hydrogen-bond donors (Lipinski definition) is 0. The molecule has 1 saturated heterocycles. The molecular formula is C21H30N4O. The maximum Gasteiger partial charge on any atom is 0.222 e. The molecule has 2 aliphatic rings. The van der Waals surface area contributed by atoms with Crippen LogP contribution in [0, 0.1) is 5.92 Å². The molecule has 5 heteroatoms. The molecule has 3 heterocycles. The second kappa shape index (κ2) is 7.77. The highest BCUT2D eigenvalue weighted by molar-refractivity contribution is 5.76. The molecule has 26 heavy (non-hydrogen) atoms. The Bertz CT molecular complexity index is 762. The van der Waals surface area contributed by atoms with Crippen molar-refractivity contribution < 1.29 is 4.79 Å². The van der Waals surface area contributed by atoms with Gasteiger partial charge in [0, 0.05) is 38.2 Å². The number of nitrogens with zero attached hydrogens (tertiary/aromatic N) is 4. The zero-order chi connectivity index (χ0) is 17.9. The number of carbonyl (C=O) groups excluding carboxylic acids is 1. The van der Waals surface area contributed by atoms with Crippen molar-refractivity contribution in [3.63, 3.8) is 0 Å². The fraction of sp³-hybridized carbons (Fsp3) is 0.667. The smallest absolute Gasteiger partial charge is 0.222 e. The van der Waals surface area contributed by atoms with Gasteiger partial charge in [0.25, 0.3) is 0 Å². The lowest BCUT2D eigenvalue weighted by molar-refractivity contribution is -0.130. The Morgan fingerprint density at radius 3 is 2.92 bits per heavy atom. The number of hydrogen-bond acceptors (Lipinski definition) is 3. The molecule has 1 saturated carbocycles. The molecule has 2 fully saturated rings. The van der Waals surface area contributed by atoms with Gasteiger partial charge in [-0.2, -0.15) is 0 Å². The van der Waals surface area contributed by atoms with E-state index in [1.807, 2.05) is 18.3 Å². The lowest BCUT2D eigenvalue weighted by Crippen LogP contribution is -2.28. The summed E-state index contributed by atoms with van der Waals surface area (Å²) in [5, 5.41) is 0. The van der Waals surface area contributed by atoms with Crippen LogP contribution in [0.5, 0.6) is 0 Å². The molecule has 1 amide bonds. The summed E-state index contributed by atoms with van der Waals surface area (Å²) in [5.74, 6) is 2.59. The van der Waals surface area contributed by atoms with Crippen molar-refractivity contribution >= 4 is 17.1 Å². The lowest BCUT2D eigenvalue weighted by Gasteiger charge is -2.18. The second-order valence-corrected chi connectivity index (χ2v) is 7.98. The fourth-order valence-corrected chi connectivity index (χ4v) is 4.71. The van der Waals surface area contributed by atoms with Gasteiger partial charge in [-0.3, -0.25) is 4.79 Å². The van der Waals surface area contributed by atoms with Gasteiger partial charge in [-0.05, 0) is 37.3 Å². The van der Waals surface area contributed by atoms with E-state index >= 15 is 0 Å². The Balaban J connectivity index is 1.44. The van der Waals surface area contributed by atoms with Gasteiger partial charge in [-0.1, -0.05) is 32.6 Å². The molecular weight excluding hydrogens is 324 g/mol. The maximum atomic E-state index is 12.6. The number of aryl methyl sites for hydroxylation is 1. The fourth-order valence-electron chi connectivity index (χ4n) is 4.71. The van der Waals surface area contributed by atoms with Gasteiger partial charge in [0.1, 0.15) is 11.3 Å². The van der Waals surface area contributed by atoms with Crippen LogP contribution in [0.15, 0.2) is 18.3 Å². The van der Waals surface area contributed by atoms with Crippen LogP contribution in [0.4, 0.5) is 0 Å². The van der Waals surface area contributed by atoms with E-state index in [-0.39, 0.29) is 0 Å². The van der Waals surface area contributed by atoms with Gasteiger partial charge in [-0.25, -0.2) is 9.97 Å². The van der Waals surface area contributed by atoms with Crippen LogP contribution in [-0.4, -0.2) is 38.4 Å².